The van der Waals surface area contributed by atoms with Crippen LogP contribution in [0.15, 0.2) is 24.3 Å². The molecule has 0 aromatic heterocycles. The number of piperidine rings is 1. The first kappa shape index (κ1) is 20.1. The standard InChI is InChI=1S/C20H31N3O3S/c1-17-7-5-11-22(16-17)12-6-10-21-20(24)18-8-4-9-19(15-18)23-13-2-3-14-27(23,25)26/h4,8-9,15,17H,2-3,5-7,10-14,16H2,1H3,(H,21,24). The third-order valence-corrected chi connectivity index (χ3v) is 7.29. The Bertz CT molecular complexity index is 751. The molecule has 1 atom stereocenters. The lowest BCUT2D eigenvalue weighted by atomic mass is 10.0. The fourth-order valence-electron chi connectivity index (χ4n) is 3.98. The third-order valence-electron chi connectivity index (χ3n) is 5.42. The molecule has 0 saturated carbocycles. The van der Waals surface area contributed by atoms with Crippen LogP contribution in [0.4, 0.5) is 5.69 Å². The number of sulfonamides is 1. The lowest BCUT2D eigenvalue weighted by molar-refractivity contribution is 0.0950. The van der Waals surface area contributed by atoms with E-state index >= 15 is 0 Å². The molecular weight excluding hydrogens is 362 g/mol. The van der Waals surface area contributed by atoms with Crippen molar-refractivity contribution >= 4 is 21.6 Å². The molecule has 1 N–H and O–H groups in total. The highest BCUT2D eigenvalue weighted by atomic mass is 32.2. The summed E-state index contributed by atoms with van der Waals surface area (Å²) in [6.45, 7) is 6.74. The lowest BCUT2D eigenvalue weighted by Gasteiger charge is -2.30. The second kappa shape index (κ2) is 9.06. The van der Waals surface area contributed by atoms with Crippen LogP contribution in [0.3, 0.4) is 0 Å². The van der Waals surface area contributed by atoms with Gasteiger partial charge in [-0.2, -0.15) is 0 Å². The van der Waals surface area contributed by atoms with E-state index in [0.29, 0.717) is 30.8 Å². The molecule has 3 rings (SSSR count). The van der Waals surface area contributed by atoms with E-state index in [9.17, 15) is 13.2 Å². The first-order valence-corrected chi connectivity index (χ1v) is 11.7. The Morgan fingerprint density at radius 2 is 2.07 bits per heavy atom. The second-order valence-electron chi connectivity index (χ2n) is 7.80. The zero-order valence-corrected chi connectivity index (χ0v) is 17.0. The van der Waals surface area contributed by atoms with E-state index in [0.717, 1.165) is 38.4 Å². The number of carbonyl (C=O) groups is 1. The monoisotopic (exact) mass is 393 g/mol. The molecule has 1 amide bonds. The molecule has 2 saturated heterocycles. The van der Waals surface area contributed by atoms with Crippen molar-refractivity contribution in [3.05, 3.63) is 29.8 Å². The van der Waals surface area contributed by atoms with Crippen LogP contribution in [0, 0.1) is 5.92 Å². The zero-order chi connectivity index (χ0) is 19.3. The Morgan fingerprint density at radius 1 is 1.22 bits per heavy atom. The van der Waals surface area contributed by atoms with Gasteiger partial charge in [-0.25, -0.2) is 8.42 Å². The number of nitrogens with zero attached hydrogens (tertiary/aromatic N) is 2. The van der Waals surface area contributed by atoms with Gasteiger partial charge in [0.15, 0.2) is 0 Å². The average Bonchev–Trinajstić information content (AvgIpc) is 2.65. The highest BCUT2D eigenvalue weighted by Crippen LogP contribution is 2.24. The van der Waals surface area contributed by atoms with Gasteiger partial charge >= 0.3 is 0 Å². The Hall–Kier alpha value is -1.60. The summed E-state index contributed by atoms with van der Waals surface area (Å²) in [6, 6.07) is 6.94. The predicted molar refractivity (Wildman–Crippen MR) is 109 cm³/mol. The van der Waals surface area contributed by atoms with Crippen LogP contribution in [0.2, 0.25) is 0 Å². The van der Waals surface area contributed by atoms with Crippen LogP contribution in [0.25, 0.3) is 0 Å². The molecule has 2 heterocycles. The number of carbonyl (C=O) groups excluding carboxylic acids is 1. The molecule has 0 radical (unpaired) electrons. The van der Waals surface area contributed by atoms with Crippen molar-refractivity contribution in [3.8, 4) is 0 Å². The fourth-order valence-corrected chi connectivity index (χ4v) is 5.61. The summed E-state index contributed by atoms with van der Waals surface area (Å²) in [4.78, 5) is 14.9. The van der Waals surface area contributed by atoms with Crippen molar-refractivity contribution in [1.82, 2.24) is 10.2 Å². The molecule has 2 aliphatic heterocycles. The quantitative estimate of drug-likeness (QED) is 0.754. The summed E-state index contributed by atoms with van der Waals surface area (Å²) in [6.07, 6.45) is 5.06. The predicted octanol–water partition coefficient (Wildman–Crippen LogP) is 2.47. The highest BCUT2D eigenvalue weighted by molar-refractivity contribution is 7.92. The third kappa shape index (κ3) is 5.45. The summed E-state index contributed by atoms with van der Waals surface area (Å²) in [5.74, 6) is 0.804. The van der Waals surface area contributed by atoms with Crippen molar-refractivity contribution in [2.75, 3.05) is 42.8 Å². The van der Waals surface area contributed by atoms with Crippen molar-refractivity contribution < 1.29 is 13.2 Å². The minimum atomic E-state index is -3.26. The van der Waals surface area contributed by atoms with Gasteiger partial charge in [0.2, 0.25) is 10.0 Å². The average molecular weight is 394 g/mol. The molecule has 2 fully saturated rings. The molecule has 0 aliphatic carbocycles. The molecule has 0 spiro atoms. The molecule has 150 valence electrons. The number of hydrogen-bond donors (Lipinski definition) is 1. The number of rotatable bonds is 6. The molecule has 2 aliphatic rings. The van der Waals surface area contributed by atoms with Gasteiger partial charge in [-0.05, 0) is 69.3 Å². The van der Waals surface area contributed by atoms with Crippen molar-refractivity contribution in [3.63, 3.8) is 0 Å². The summed E-state index contributed by atoms with van der Waals surface area (Å²) in [5, 5.41) is 2.97. The Morgan fingerprint density at radius 3 is 2.85 bits per heavy atom. The van der Waals surface area contributed by atoms with Crippen LogP contribution < -0.4 is 9.62 Å². The molecular formula is C20H31N3O3S. The van der Waals surface area contributed by atoms with E-state index in [1.165, 1.54) is 17.1 Å². The van der Waals surface area contributed by atoms with Crippen LogP contribution in [-0.2, 0) is 10.0 Å². The topological polar surface area (TPSA) is 69.7 Å². The van der Waals surface area contributed by atoms with E-state index in [4.69, 9.17) is 0 Å². The van der Waals surface area contributed by atoms with Gasteiger partial charge in [0.05, 0.1) is 11.4 Å². The molecule has 1 aromatic carbocycles. The summed E-state index contributed by atoms with van der Waals surface area (Å²) >= 11 is 0. The van der Waals surface area contributed by atoms with Gasteiger partial charge in [-0.15, -0.1) is 0 Å². The van der Waals surface area contributed by atoms with E-state index in [1.807, 2.05) is 0 Å². The van der Waals surface area contributed by atoms with E-state index in [1.54, 1.807) is 24.3 Å². The van der Waals surface area contributed by atoms with Crippen LogP contribution in [0.5, 0.6) is 0 Å². The summed E-state index contributed by atoms with van der Waals surface area (Å²) < 4.78 is 26.0. The fraction of sp³-hybridized carbons (Fsp3) is 0.650. The van der Waals surface area contributed by atoms with E-state index < -0.39 is 10.0 Å². The maximum Gasteiger partial charge on any atom is 0.251 e. The van der Waals surface area contributed by atoms with Crippen molar-refractivity contribution in [2.45, 2.75) is 39.0 Å². The van der Waals surface area contributed by atoms with Gasteiger partial charge < -0.3 is 10.2 Å². The molecule has 7 heteroatoms. The second-order valence-corrected chi connectivity index (χ2v) is 9.82. The SMILES string of the molecule is CC1CCCN(CCCNC(=O)c2cccc(N3CCCCS3(=O)=O)c2)C1. The van der Waals surface area contributed by atoms with Gasteiger partial charge in [-0.1, -0.05) is 13.0 Å². The molecule has 6 nitrogen and oxygen atoms in total. The highest BCUT2D eigenvalue weighted by Gasteiger charge is 2.26. The van der Waals surface area contributed by atoms with Crippen molar-refractivity contribution in [2.24, 2.45) is 5.92 Å². The zero-order valence-electron chi connectivity index (χ0n) is 16.2. The Kier molecular flexibility index (Phi) is 6.76. The largest absolute Gasteiger partial charge is 0.352 e. The van der Waals surface area contributed by atoms with Gasteiger partial charge in [0.1, 0.15) is 0 Å². The summed E-state index contributed by atoms with van der Waals surface area (Å²) in [5.41, 5.74) is 1.10. The number of amides is 1. The van der Waals surface area contributed by atoms with Gasteiger partial charge in [0.25, 0.3) is 5.91 Å². The molecule has 0 bridgehead atoms. The minimum Gasteiger partial charge on any atom is -0.352 e. The molecule has 1 unspecified atom stereocenters. The number of benzene rings is 1. The smallest absolute Gasteiger partial charge is 0.251 e. The number of likely N-dealkylation sites (tertiary alicyclic amines) is 1. The van der Waals surface area contributed by atoms with Crippen molar-refractivity contribution in [1.29, 1.82) is 0 Å². The number of anilines is 1. The number of nitrogens with one attached hydrogen (secondary N) is 1. The molecule has 27 heavy (non-hydrogen) atoms. The maximum atomic E-state index is 12.5. The molecule has 1 aromatic rings. The lowest BCUT2D eigenvalue weighted by Crippen LogP contribution is -2.38. The van der Waals surface area contributed by atoms with E-state index in [2.05, 4.69) is 17.1 Å². The first-order chi connectivity index (χ1) is 13.0. The van der Waals surface area contributed by atoms with E-state index in [-0.39, 0.29) is 11.7 Å². The van der Waals surface area contributed by atoms with Gasteiger partial charge in [-0.3, -0.25) is 9.10 Å². The van der Waals surface area contributed by atoms with Crippen LogP contribution in [0.1, 0.15) is 49.4 Å². The number of hydrogen-bond acceptors (Lipinski definition) is 4. The van der Waals surface area contributed by atoms with Gasteiger partial charge in [0, 0.05) is 25.2 Å². The first-order valence-electron chi connectivity index (χ1n) is 10.1. The maximum absolute atomic E-state index is 12.5. The Labute approximate surface area is 163 Å². The minimum absolute atomic E-state index is 0.140. The Balaban J connectivity index is 1.51. The summed E-state index contributed by atoms with van der Waals surface area (Å²) in [7, 11) is -3.26. The van der Waals surface area contributed by atoms with Crippen LogP contribution in [-0.4, -0.2) is 57.7 Å². The van der Waals surface area contributed by atoms with Crippen LogP contribution >= 0.6 is 0 Å². The normalized spacial score (nSPS) is 23.1.